The van der Waals surface area contributed by atoms with E-state index in [1.165, 1.54) is 29.8 Å². The molecule has 1 aromatic carbocycles. The van der Waals surface area contributed by atoms with Crippen LogP contribution < -0.4 is 15.6 Å². The van der Waals surface area contributed by atoms with Gasteiger partial charge in [0.1, 0.15) is 11.4 Å². The van der Waals surface area contributed by atoms with Gasteiger partial charge in [0, 0.05) is 29.3 Å². The first-order valence-corrected chi connectivity index (χ1v) is 13.2. The number of nitrogens with zero attached hydrogens (tertiary/aromatic N) is 2. The number of halogens is 2. The first kappa shape index (κ1) is 27.2. The van der Waals surface area contributed by atoms with E-state index in [1.54, 1.807) is 19.9 Å². The zero-order valence-electron chi connectivity index (χ0n) is 19.5. The van der Waals surface area contributed by atoms with E-state index in [-0.39, 0.29) is 41.3 Å². The highest BCUT2D eigenvalue weighted by Gasteiger charge is 2.39. The zero-order chi connectivity index (χ0) is 25.9. The Labute approximate surface area is 212 Å². The molecule has 1 aliphatic carbocycles. The summed E-state index contributed by atoms with van der Waals surface area (Å²) >= 11 is 3.19. The van der Waals surface area contributed by atoms with Gasteiger partial charge in [0.05, 0.1) is 29.8 Å². The Hall–Kier alpha value is -2.43. The lowest BCUT2D eigenvalue weighted by Crippen LogP contribution is -2.43. The van der Waals surface area contributed by atoms with E-state index in [0.717, 1.165) is 4.31 Å². The lowest BCUT2D eigenvalue weighted by atomic mass is 10.1. The second-order valence-corrected chi connectivity index (χ2v) is 11.0. The van der Waals surface area contributed by atoms with Crippen molar-refractivity contribution in [1.82, 2.24) is 8.87 Å². The van der Waals surface area contributed by atoms with Crippen LogP contribution in [0, 0.1) is 17.7 Å². The number of aliphatic hydroxyl groups is 2. The van der Waals surface area contributed by atoms with Crippen molar-refractivity contribution in [2.45, 2.75) is 51.8 Å². The summed E-state index contributed by atoms with van der Waals surface area (Å²) in [6.07, 6.45) is 1.32. The van der Waals surface area contributed by atoms with Gasteiger partial charge >= 0.3 is 10.2 Å². The Morgan fingerprint density at radius 1 is 1.31 bits per heavy atom. The van der Waals surface area contributed by atoms with E-state index >= 15 is 0 Å². The molecule has 3 rings (SSSR count). The monoisotopic (exact) mass is 570 g/mol. The van der Waals surface area contributed by atoms with Gasteiger partial charge in [0.2, 0.25) is 0 Å². The van der Waals surface area contributed by atoms with Crippen molar-refractivity contribution in [3.05, 3.63) is 50.6 Å². The van der Waals surface area contributed by atoms with Gasteiger partial charge in [-0.3, -0.25) is 9.52 Å². The van der Waals surface area contributed by atoms with Crippen molar-refractivity contribution < 1.29 is 23.0 Å². The highest BCUT2D eigenvalue weighted by Crippen LogP contribution is 2.34. The largest absolute Gasteiger partial charge is 0.394 e. The topological polar surface area (TPSA) is 124 Å². The molecule has 0 amide bonds. The minimum absolute atomic E-state index is 0.00417. The average molecular weight is 571 g/mol. The molecular formula is C23H28BrFN4O5S. The molecule has 1 unspecified atom stereocenters. The molecule has 1 aromatic heterocycles. The van der Waals surface area contributed by atoms with Crippen molar-refractivity contribution in [1.29, 1.82) is 0 Å². The minimum atomic E-state index is -4.23. The Morgan fingerprint density at radius 2 is 2.00 bits per heavy atom. The van der Waals surface area contributed by atoms with Crippen LogP contribution in [0.1, 0.15) is 45.2 Å². The Morgan fingerprint density at radius 3 is 2.54 bits per heavy atom. The summed E-state index contributed by atoms with van der Waals surface area (Å²) in [7, 11) is -4.23. The summed E-state index contributed by atoms with van der Waals surface area (Å²) in [5.41, 5.74) is -0.486. The molecule has 0 radical (unpaired) electrons. The van der Waals surface area contributed by atoms with E-state index in [4.69, 9.17) is 0 Å². The summed E-state index contributed by atoms with van der Waals surface area (Å²) in [5, 5.41) is 22.0. The maximum absolute atomic E-state index is 14.6. The third-order valence-electron chi connectivity index (χ3n) is 5.34. The predicted molar refractivity (Wildman–Crippen MR) is 136 cm³/mol. The molecule has 1 saturated carbocycles. The van der Waals surface area contributed by atoms with Crippen molar-refractivity contribution in [2.75, 3.05) is 23.2 Å². The quantitative estimate of drug-likeness (QED) is 0.326. The fraction of sp³-hybridized carbons (Fsp3) is 0.435. The Kier molecular flexibility index (Phi) is 8.61. The fourth-order valence-corrected chi connectivity index (χ4v) is 5.31. The normalized spacial score (nSPS) is 14.5. The summed E-state index contributed by atoms with van der Waals surface area (Å²) in [6, 6.07) is 3.64. The number of aromatic nitrogens is 1. The fourth-order valence-electron chi connectivity index (χ4n) is 3.46. The third-order valence-corrected chi connectivity index (χ3v) is 7.37. The van der Waals surface area contributed by atoms with Gasteiger partial charge in [-0.25, -0.2) is 4.39 Å². The van der Waals surface area contributed by atoms with Crippen molar-refractivity contribution in [2.24, 2.45) is 0 Å². The maximum Gasteiger partial charge on any atom is 0.302 e. The van der Waals surface area contributed by atoms with Crippen LogP contribution in [-0.2, 0) is 10.2 Å². The number of rotatable bonds is 10. The lowest BCUT2D eigenvalue weighted by Gasteiger charge is -2.26. The predicted octanol–water partition coefficient (Wildman–Crippen LogP) is 2.92. The third kappa shape index (κ3) is 6.42. The van der Waals surface area contributed by atoms with E-state index < -0.39 is 34.3 Å². The lowest BCUT2D eigenvalue weighted by molar-refractivity contribution is 0.0776. The van der Waals surface area contributed by atoms with Gasteiger partial charge < -0.3 is 20.1 Å². The molecule has 0 bridgehead atoms. The van der Waals surface area contributed by atoms with Crippen LogP contribution in [-0.4, -0.2) is 52.8 Å². The highest BCUT2D eigenvalue weighted by molar-refractivity contribution is 9.10. The molecule has 9 nitrogen and oxygen atoms in total. The molecule has 2 aromatic rings. The molecule has 190 valence electrons. The molecule has 0 aliphatic heterocycles. The number of anilines is 3. The maximum atomic E-state index is 14.6. The molecule has 12 heteroatoms. The van der Waals surface area contributed by atoms with Gasteiger partial charge in [0.15, 0.2) is 0 Å². The van der Waals surface area contributed by atoms with Crippen LogP contribution >= 0.6 is 15.9 Å². The Bertz CT molecular complexity index is 1320. The van der Waals surface area contributed by atoms with Gasteiger partial charge in [-0.15, -0.1) is 5.92 Å². The van der Waals surface area contributed by atoms with Gasteiger partial charge in [-0.2, -0.15) is 12.7 Å². The molecule has 1 aliphatic rings. The second-order valence-electron chi connectivity index (χ2n) is 8.47. The second kappa shape index (κ2) is 11.1. The summed E-state index contributed by atoms with van der Waals surface area (Å²) < 4.78 is 46.8. The van der Waals surface area contributed by atoms with Crippen LogP contribution in [0.2, 0.25) is 0 Å². The molecule has 0 spiro atoms. The minimum Gasteiger partial charge on any atom is -0.394 e. The number of hydrogen-bond donors (Lipinski definition) is 4. The van der Waals surface area contributed by atoms with Crippen LogP contribution in [0.15, 0.2) is 33.7 Å². The molecule has 4 N–H and O–H groups in total. The SMILES string of the molecule is CC#Cc1c(Nc2ccc(Br)cc2F)c(NS(=O)(=O)N(CC(O)CO)C2CC2)cn(C(C)C)c1=O. The number of aliphatic hydroxyl groups excluding tert-OH is 2. The number of hydrogen-bond acceptors (Lipinski definition) is 6. The highest BCUT2D eigenvalue weighted by atomic mass is 79.9. The van der Waals surface area contributed by atoms with Crippen molar-refractivity contribution >= 4 is 43.2 Å². The van der Waals surface area contributed by atoms with Crippen LogP contribution in [0.25, 0.3) is 0 Å². The van der Waals surface area contributed by atoms with E-state index in [9.17, 15) is 27.8 Å². The van der Waals surface area contributed by atoms with Crippen LogP contribution in [0.5, 0.6) is 0 Å². The Balaban J connectivity index is 2.17. The van der Waals surface area contributed by atoms with E-state index in [2.05, 4.69) is 37.8 Å². The first-order chi connectivity index (χ1) is 16.5. The molecule has 1 heterocycles. The molecular weight excluding hydrogens is 543 g/mol. The summed E-state index contributed by atoms with van der Waals surface area (Å²) in [4.78, 5) is 13.2. The standard InChI is InChI=1S/C23H28BrFN4O5S/c1-4-5-18-22(26-20-9-6-15(24)10-19(20)25)21(12-28(14(2)3)23(18)32)27-35(33,34)29(16-7-8-16)11-17(31)13-30/h6,9-10,12,14,16-17,26-27,30-31H,7-8,11,13H2,1-3H3. The van der Waals surface area contributed by atoms with Crippen LogP contribution in [0.3, 0.4) is 0 Å². The van der Waals surface area contributed by atoms with Crippen LogP contribution in [0.4, 0.5) is 21.5 Å². The number of nitrogens with one attached hydrogen (secondary N) is 2. The van der Waals surface area contributed by atoms with E-state index in [0.29, 0.717) is 17.3 Å². The van der Waals surface area contributed by atoms with E-state index in [1.807, 2.05) is 0 Å². The first-order valence-electron chi connectivity index (χ1n) is 11.0. The van der Waals surface area contributed by atoms with Crippen molar-refractivity contribution in [3.63, 3.8) is 0 Å². The molecule has 1 atom stereocenters. The van der Waals surface area contributed by atoms with Gasteiger partial charge in [-0.1, -0.05) is 21.9 Å². The number of pyridine rings is 1. The molecule has 1 fully saturated rings. The van der Waals surface area contributed by atoms with Gasteiger partial charge in [0.25, 0.3) is 5.56 Å². The molecule has 0 saturated heterocycles. The smallest absolute Gasteiger partial charge is 0.302 e. The van der Waals surface area contributed by atoms with Gasteiger partial charge in [-0.05, 0) is 51.8 Å². The molecule has 35 heavy (non-hydrogen) atoms. The summed E-state index contributed by atoms with van der Waals surface area (Å²) in [5.74, 6) is 4.76. The van der Waals surface area contributed by atoms with Crippen molar-refractivity contribution in [3.8, 4) is 11.8 Å². The zero-order valence-corrected chi connectivity index (χ0v) is 22.0. The number of benzene rings is 1. The summed E-state index contributed by atoms with van der Waals surface area (Å²) in [6.45, 7) is 4.16. The average Bonchev–Trinajstić information content (AvgIpc) is 3.62.